The van der Waals surface area contributed by atoms with Crippen LogP contribution in [0.5, 0.6) is 11.5 Å². The lowest BCUT2D eigenvalue weighted by Crippen LogP contribution is -2.25. The van der Waals surface area contributed by atoms with Crippen molar-refractivity contribution in [1.29, 1.82) is 0 Å². The molecule has 0 aliphatic heterocycles. The van der Waals surface area contributed by atoms with Crippen LogP contribution in [-0.4, -0.2) is 18.7 Å². The SMILES string of the molecule is Cc1ccc(C(C)C)c(OCC(=O)N/N=C/c2ccccc2OCc2ccccc2)c1. The molecular weight excluding hydrogens is 388 g/mol. The van der Waals surface area contributed by atoms with Crippen LogP contribution < -0.4 is 14.9 Å². The van der Waals surface area contributed by atoms with Gasteiger partial charge < -0.3 is 9.47 Å². The fraction of sp³-hybridized carbons (Fsp3) is 0.231. The summed E-state index contributed by atoms with van der Waals surface area (Å²) in [5, 5.41) is 4.06. The third kappa shape index (κ3) is 6.71. The summed E-state index contributed by atoms with van der Waals surface area (Å²) >= 11 is 0. The Bertz CT molecular complexity index is 1030. The molecule has 3 aromatic rings. The number of benzene rings is 3. The van der Waals surface area contributed by atoms with Crippen molar-refractivity contribution in [1.82, 2.24) is 5.43 Å². The number of carbonyl (C=O) groups excluding carboxylic acids is 1. The second-order valence-electron chi connectivity index (χ2n) is 7.59. The van der Waals surface area contributed by atoms with E-state index in [2.05, 4.69) is 24.4 Å². The van der Waals surface area contributed by atoms with Gasteiger partial charge in [0.1, 0.15) is 18.1 Å². The Morgan fingerprint density at radius 2 is 1.71 bits per heavy atom. The van der Waals surface area contributed by atoms with Crippen LogP contribution in [0.1, 0.15) is 42.0 Å². The highest BCUT2D eigenvalue weighted by Crippen LogP contribution is 2.27. The first kappa shape index (κ1) is 22.1. The Labute approximate surface area is 183 Å². The molecule has 5 nitrogen and oxygen atoms in total. The van der Waals surface area contributed by atoms with Gasteiger partial charge in [0.15, 0.2) is 6.61 Å². The maximum Gasteiger partial charge on any atom is 0.277 e. The standard InChI is InChI=1S/C26H28N2O3/c1-19(2)23-14-13-20(3)15-25(23)31-18-26(29)28-27-16-22-11-7-8-12-24(22)30-17-21-9-5-4-6-10-21/h4-16,19H,17-18H2,1-3H3,(H,28,29)/b27-16+. The highest BCUT2D eigenvalue weighted by atomic mass is 16.5. The van der Waals surface area contributed by atoms with Crippen molar-refractivity contribution in [3.8, 4) is 11.5 Å². The Hall–Kier alpha value is -3.60. The molecule has 0 spiro atoms. The van der Waals surface area contributed by atoms with Gasteiger partial charge in [0.2, 0.25) is 0 Å². The number of amides is 1. The third-order valence-electron chi connectivity index (χ3n) is 4.70. The van der Waals surface area contributed by atoms with E-state index in [1.165, 1.54) is 0 Å². The molecule has 1 amide bonds. The predicted octanol–water partition coefficient (Wildman–Crippen LogP) is 5.23. The third-order valence-corrected chi connectivity index (χ3v) is 4.70. The average molecular weight is 417 g/mol. The molecule has 0 radical (unpaired) electrons. The summed E-state index contributed by atoms with van der Waals surface area (Å²) in [7, 11) is 0. The van der Waals surface area contributed by atoms with E-state index in [9.17, 15) is 4.79 Å². The number of ether oxygens (including phenoxy) is 2. The van der Waals surface area contributed by atoms with E-state index in [1.807, 2.05) is 79.7 Å². The smallest absolute Gasteiger partial charge is 0.277 e. The molecule has 0 aliphatic carbocycles. The van der Waals surface area contributed by atoms with Crippen molar-refractivity contribution >= 4 is 12.1 Å². The van der Waals surface area contributed by atoms with Crippen LogP contribution in [0.25, 0.3) is 0 Å². The van der Waals surface area contributed by atoms with Gasteiger partial charge in [-0.05, 0) is 47.7 Å². The highest BCUT2D eigenvalue weighted by Gasteiger charge is 2.10. The van der Waals surface area contributed by atoms with E-state index in [0.717, 1.165) is 28.0 Å². The summed E-state index contributed by atoms with van der Waals surface area (Å²) in [4.78, 5) is 12.2. The highest BCUT2D eigenvalue weighted by molar-refractivity contribution is 5.85. The number of aryl methyl sites for hydroxylation is 1. The van der Waals surface area contributed by atoms with Gasteiger partial charge in [0.25, 0.3) is 5.91 Å². The van der Waals surface area contributed by atoms with Gasteiger partial charge in [0.05, 0.1) is 6.21 Å². The van der Waals surface area contributed by atoms with Crippen LogP contribution in [0.4, 0.5) is 0 Å². The minimum absolute atomic E-state index is 0.104. The van der Waals surface area contributed by atoms with Gasteiger partial charge >= 0.3 is 0 Å². The van der Waals surface area contributed by atoms with Gasteiger partial charge in [0, 0.05) is 5.56 Å². The van der Waals surface area contributed by atoms with Crippen LogP contribution in [0, 0.1) is 6.92 Å². The zero-order valence-corrected chi connectivity index (χ0v) is 18.2. The molecule has 0 unspecified atom stereocenters. The van der Waals surface area contributed by atoms with Crippen molar-refractivity contribution in [2.24, 2.45) is 5.10 Å². The lowest BCUT2D eigenvalue weighted by molar-refractivity contribution is -0.123. The van der Waals surface area contributed by atoms with E-state index >= 15 is 0 Å². The van der Waals surface area contributed by atoms with Crippen molar-refractivity contribution in [3.63, 3.8) is 0 Å². The van der Waals surface area contributed by atoms with Crippen molar-refractivity contribution < 1.29 is 14.3 Å². The predicted molar refractivity (Wildman–Crippen MR) is 124 cm³/mol. The van der Waals surface area contributed by atoms with Gasteiger partial charge in [-0.1, -0.05) is 68.4 Å². The van der Waals surface area contributed by atoms with Crippen LogP contribution in [0.15, 0.2) is 77.9 Å². The number of nitrogens with zero attached hydrogens (tertiary/aromatic N) is 1. The molecule has 3 rings (SSSR count). The summed E-state index contributed by atoms with van der Waals surface area (Å²) in [6.07, 6.45) is 1.57. The Kier molecular flexibility index (Phi) is 7.82. The lowest BCUT2D eigenvalue weighted by Gasteiger charge is -2.14. The monoisotopic (exact) mass is 416 g/mol. The molecule has 31 heavy (non-hydrogen) atoms. The van der Waals surface area contributed by atoms with E-state index in [0.29, 0.717) is 18.3 Å². The van der Waals surface area contributed by atoms with Crippen molar-refractivity contribution in [3.05, 3.63) is 95.1 Å². The maximum absolute atomic E-state index is 12.2. The summed E-state index contributed by atoms with van der Waals surface area (Å²) in [5.74, 6) is 1.41. The number of hydrogen-bond donors (Lipinski definition) is 1. The summed E-state index contributed by atoms with van der Waals surface area (Å²) in [6, 6.07) is 23.5. The van der Waals surface area contributed by atoms with E-state index in [4.69, 9.17) is 9.47 Å². The van der Waals surface area contributed by atoms with Gasteiger partial charge in [-0.15, -0.1) is 0 Å². The topological polar surface area (TPSA) is 59.9 Å². The molecule has 0 aliphatic rings. The van der Waals surface area contributed by atoms with Crippen molar-refractivity contribution in [2.75, 3.05) is 6.61 Å². The van der Waals surface area contributed by atoms with Crippen LogP contribution in [-0.2, 0) is 11.4 Å². The quantitative estimate of drug-likeness (QED) is 0.384. The molecule has 0 saturated carbocycles. The summed E-state index contributed by atoms with van der Waals surface area (Å²) < 4.78 is 11.6. The van der Waals surface area contributed by atoms with Crippen LogP contribution >= 0.6 is 0 Å². The molecule has 5 heteroatoms. The summed E-state index contributed by atoms with van der Waals surface area (Å²) in [5.41, 5.74) is 6.54. The number of carbonyl (C=O) groups is 1. The molecule has 1 N–H and O–H groups in total. The lowest BCUT2D eigenvalue weighted by atomic mass is 10.0. The number of rotatable bonds is 9. The number of hydrogen-bond acceptors (Lipinski definition) is 4. The molecule has 0 saturated heterocycles. The van der Waals surface area contributed by atoms with E-state index in [1.54, 1.807) is 6.21 Å². The number of para-hydroxylation sites is 1. The molecule has 0 fully saturated rings. The molecule has 0 atom stereocenters. The first-order valence-corrected chi connectivity index (χ1v) is 10.3. The second kappa shape index (κ2) is 11.0. The van der Waals surface area contributed by atoms with E-state index < -0.39 is 0 Å². The van der Waals surface area contributed by atoms with Gasteiger partial charge in [-0.3, -0.25) is 4.79 Å². The molecule has 0 bridgehead atoms. The molecule has 0 aromatic heterocycles. The van der Waals surface area contributed by atoms with Gasteiger partial charge in [-0.2, -0.15) is 5.10 Å². The first-order valence-electron chi connectivity index (χ1n) is 10.3. The van der Waals surface area contributed by atoms with E-state index in [-0.39, 0.29) is 12.5 Å². The number of hydrazone groups is 1. The van der Waals surface area contributed by atoms with Crippen molar-refractivity contribution in [2.45, 2.75) is 33.3 Å². The number of nitrogens with one attached hydrogen (secondary N) is 1. The second-order valence-corrected chi connectivity index (χ2v) is 7.59. The first-order chi connectivity index (χ1) is 15.0. The molecule has 3 aromatic carbocycles. The molecular formula is C26H28N2O3. The molecule has 160 valence electrons. The fourth-order valence-electron chi connectivity index (χ4n) is 3.05. The Balaban J connectivity index is 1.55. The van der Waals surface area contributed by atoms with Gasteiger partial charge in [-0.25, -0.2) is 5.43 Å². The average Bonchev–Trinajstić information content (AvgIpc) is 2.77. The zero-order chi connectivity index (χ0) is 22.1. The molecule has 0 heterocycles. The maximum atomic E-state index is 12.2. The normalized spacial score (nSPS) is 11.0. The Morgan fingerprint density at radius 1 is 0.968 bits per heavy atom. The largest absolute Gasteiger partial charge is 0.488 e. The zero-order valence-electron chi connectivity index (χ0n) is 18.2. The minimum Gasteiger partial charge on any atom is -0.488 e. The summed E-state index contributed by atoms with van der Waals surface area (Å²) in [6.45, 7) is 6.55. The van der Waals surface area contributed by atoms with Crippen LogP contribution in [0.3, 0.4) is 0 Å². The Morgan fingerprint density at radius 3 is 2.48 bits per heavy atom. The van der Waals surface area contributed by atoms with Crippen LogP contribution in [0.2, 0.25) is 0 Å². The fourth-order valence-corrected chi connectivity index (χ4v) is 3.05. The minimum atomic E-state index is -0.324.